The average Bonchev–Trinajstić information content (AvgIpc) is 2.43. The first-order chi connectivity index (χ1) is 9.66. The van der Waals surface area contributed by atoms with Gasteiger partial charge in [-0.15, -0.1) is 13.0 Å². The van der Waals surface area contributed by atoms with Crippen LogP contribution in [0.5, 0.6) is 0 Å². The molecule has 1 unspecified atom stereocenters. The Kier molecular flexibility index (Phi) is 6.48. The number of rotatable bonds is 1. The van der Waals surface area contributed by atoms with Crippen LogP contribution >= 0.6 is 0 Å². The molecular formula is C17H32O2Si2. The first kappa shape index (κ1) is 18.7. The van der Waals surface area contributed by atoms with E-state index in [9.17, 15) is 5.11 Å². The van der Waals surface area contributed by atoms with E-state index in [4.69, 9.17) is 10.8 Å². The van der Waals surface area contributed by atoms with Crippen LogP contribution in [0, 0.1) is 12.3 Å². The van der Waals surface area contributed by atoms with Gasteiger partial charge in [-0.2, -0.15) is 0 Å². The number of hydrogen-bond donors (Lipinski definition) is 1. The summed E-state index contributed by atoms with van der Waals surface area (Å²) in [4.78, 5) is 0. The molecule has 1 heterocycles. The van der Waals surface area contributed by atoms with Crippen LogP contribution < -0.4 is 0 Å². The summed E-state index contributed by atoms with van der Waals surface area (Å²) in [5.74, 6) is 2.44. The lowest BCUT2D eigenvalue weighted by atomic mass is 9.86. The topological polar surface area (TPSA) is 29.5 Å². The van der Waals surface area contributed by atoms with Crippen LogP contribution in [0.15, 0.2) is 12.7 Å². The Morgan fingerprint density at radius 1 is 1.24 bits per heavy atom. The summed E-state index contributed by atoms with van der Waals surface area (Å²) in [5, 5.41) is 9.44. The average molecular weight is 325 g/mol. The highest BCUT2D eigenvalue weighted by molar-refractivity contribution is 7.38. The predicted molar refractivity (Wildman–Crippen MR) is 96.3 cm³/mol. The Labute approximate surface area is 132 Å². The van der Waals surface area contributed by atoms with E-state index in [2.05, 4.69) is 38.7 Å². The van der Waals surface area contributed by atoms with Gasteiger partial charge in [0.15, 0.2) is 7.83 Å². The maximum atomic E-state index is 9.44. The third kappa shape index (κ3) is 5.10. The van der Waals surface area contributed by atoms with E-state index in [0.29, 0.717) is 6.10 Å². The van der Waals surface area contributed by atoms with E-state index in [1.54, 1.807) is 0 Å². The number of aliphatic hydroxyl groups is 1. The monoisotopic (exact) mass is 324 g/mol. The van der Waals surface area contributed by atoms with Crippen molar-refractivity contribution in [1.82, 2.24) is 0 Å². The highest BCUT2D eigenvalue weighted by Gasteiger charge is 2.46. The number of terminal acetylenes is 1. The first-order valence-corrected chi connectivity index (χ1v) is 15.3. The Bertz CT molecular complexity index is 390. The van der Waals surface area contributed by atoms with Gasteiger partial charge in [0.25, 0.3) is 0 Å². The molecule has 2 aliphatic rings. The lowest BCUT2D eigenvalue weighted by Gasteiger charge is -2.44. The molecule has 1 aliphatic carbocycles. The molecule has 0 amide bonds. The zero-order chi connectivity index (χ0) is 16.1. The molecule has 1 N–H and O–H groups in total. The third-order valence-electron chi connectivity index (χ3n) is 5.34. The minimum absolute atomic E-state index is 0.354. The summed E-state index contributed by atoms with van der Waals surface area (Å²) < 4.78 is 6.12. The Balaban J connectivity index is 0.000000219. The van der Waals surface area contributed by atoms with Crippen LogP contribution in [0.1, 0.15) is 38.5 Å². The molecule has 0 bridgehead atoms. The Morgan fingerprint density at radius 3 is 2.19 bits per heavy atom. The second kappa shape index (κ2) is 7.28. The van der Waals surface area contributed by atoms with Gasteiger partial charge in [-0.25, -0.2) is 0 Å². The molecule has 1 saturated heterocycles. The van der Waals surface area contributed by atoms with E-state index >= 15 is 0 Å². The van der Waals surface area contributed by atoms with Crippen molar-refractivity contribution in [3.05, 3.63) is 12.7 Å². The van der Waals surface area contributed by atoms with Gasteiger partial charge in [0.2, 0.25) is 0 Å². The van der Waals surface area contributed by atoms with Gasteiger partial charge in [0, 0.05) is 0 Å². The van der Waals surface area contributed by atoms with Crippen molar-refractivity contribution in [2.75, 3.05) is 0 Å². The fraction of sp³-hybridized carbons (Fsp3) is 0.765. The van der Waals surface area contributed by atoms with Gasteiger partial charge in [-0.1, -0.05) is 37.6 Å². The summed E-state index contributed by atoms with van der Waals surface area (Å²) >= 11 is 0. The fourth-order valence-corrected chi connectivity index (χ4v) is 9.40. The van der Waals surface area contributed by atoms with E-state index < -0.39 is 21.0 Å². The standard InChI is InChI=1S/C9H20OSi2.C8H12O/c1-6-9-7-8-11(2,3)12(4,5)10-9;1-2-8(9)6-4-3-5-7-8/h6,9H,1,7-8H2,2-5H3;1,9H,3-7H2. The van der Waals surface area contributed by atoms with Gasteiger partial charge >= 0.3 is 0 Å². The van der Waals surface area contributed by atoms with Crippen LogP contribution in [-0.2, 0) is 4.43 Å². The molecule has 1 aliphatic heterocycles. The molecular weight excluding hydrogens is 292 g/mol. The van der Waals surface area contributed by atoms with Crippen LogP contribution in [0.25, 0.3) is 0 Å². The molecule has 0 aromatic heterocycles. The fourth-order valence-electron chi connectivity index (χ4n) is 2.85. The summed E-state index contributed by atoms with van der Waals surface area (Å²) in [5.41, 5.74) is -0.752. The van der Waals surface area contributed by atoms with Gasteiger partial charge < -0.3 is 9.53 Å². The minimum Gasteiger partial charge on any atom is -0.414 e. The van der Waals surface area contributed by atoms with E-state index in [1.807, 2.05) is 6.08 Å². The highest BCUT2D eigenvalue weighted by Crippen LogP contribution is 2.33. The van der Waals surface area contributed by atoms with Gasteiger partial charge in [-0.05, 0) is 45.2 Å². The second-order valence-corrected chi connectivity index (χ2v) is 22.8. The van der Waals surface area contributed by atoms with Crippen LogP contribution in [0.4, 0.5) is 0 Å². The van der Waals surface area contributed by atoms with Gasteiger partial charge in [-0.3, -0.25) is 0 Å². The molecule has 0 aromatic rings. The smallest absolute Gasteiger partial charge is 0.174 e. The predicted octanol–water partition coefficient (Wildman–Crippen LogP) is 4.27. The SMILES string of the molecule is C#CC1(O)CCCCC1.C=CC1CC[Si](C)(C)[Si](C)(C)O1. The summed E-state index contributed by atoms with van der Waals surface area (Å²) in [6, 6.07) is 1.42. The minimum atomic E-state index is -1.33. The Morgan fingerprint density at radius 2 is 1.81 bits per heavy atom. The lowest BCUT2D eigenvalue weighted by Crippen LogP contribution is -2.61. The molecule has 4 heteroatoms. The second-order valence-electron chi connectivity index (χ2n) is 7.56. The molecule has 120 valence electrons. The largest absolute Gasteiger partial charge is 0.414 e. The van der Waals surface area contributed by atoms with Crippen LogP contribution in [0.2, 0.25) is 32.2 Å². The molecule has 2 nitrogen and oxygen atoms in total. The molecule has 1 saturated carbocycles. The third-order valence-corrected chi connectivity index (χ3v) is 21.9. The van der Waals surface area contributed by atoms with Crippen LogP contribution in [0.3, 0.4) is 0 Å². The van der Waals surface area contributed by atoms with Crippen molar-refractivity contribution < 1.29 is 9.53 Å². The van der Waals surface area contributed by atoms with Crippen molar-refractivity contribution in [1.29, 1.82) is 0 Å². The maximum absolute atomic E-state index is 9.44. The quantitative estimate of drug-likeness (QED) is 0.443. The zero-order valence-corrected chi connectivity index (χ0v) is 16.2. The van der Waals surface area contributed by atoms with Crippen LogP contribution in [-0.4, -0.2) is 32.2 Å². The van der Waals surface area contributed by atoms with E-state index in [0.717, 1.165) is 25.7 Å². The van der Waals surface area contributed by atoms with Gasteiger partial charge in [0.05, 0.1) is 13.7 Å². The molecule has 2 fully saturated rings. The first-order valence-electron chi connectivity index (χ1n) is 8.16. The van der Waals surface area contributed by atoms with E-state index in [1.165, 1.54) is 18.9 Å². The molecule has 0 spiro atoms. The van der Waals surface area contributed by atoms with Crippen molar-refractivity contribution in [2.24, 2.45) is 0 Å². The van der Waals surface area contributed by atoms with Crippen molar-refractivity contribution >= 4 is 15.4 Å². The molecule has 21 heavy (non-hydrogen) atoms. The van der Waals surface area contributed by atoms with Gasteiger partial charge in [0.1, 0.15) is 5.60 Å². The van der Waals surface area contributed by atoms with Crippen molar-refractivity contribution in [3.8, 4) is 12.3 Å². The van der Waals surface area contributed by atoms with Crippen molar-refractivity contribution in [2.45, 2.75) is 82.5 Å². The zero-order valence-electron chi connectivity index (χ0n) is 14.2. The molecule has 1 atom stereocenters. The number of hydrogen-bond acceptors (Lipinski definition) is 2. The molecule has 0 radical (unpaired) electrons. The Hall–Kier alpha value is -0.346. The summed E-state index contributed by atoms with van der Waals surface area (Å²) in [6.45, 7) is 13.5. The summed E-state index contributed by atoms with van der Waals surface area (Å²) in [6.07, 6.45) is 13.7. The van der Waals surface area contributed by atoms with Crippen molar-refractivity contribution in [3.63, 3.8) is 0 Å². The normalized spacial score (nSPS) is 29.4. The maximum Gasteiger partial charge on any atom is 0.174 e. The molecule has 0 aromatic carbocycles. The lowest BCUT2D eigenvalue weighted by molar-refractivity contribution is 0.0612. The van der Waals surface area contributed by atoms with E-state index in [-0.39, 0.29) is 0 Å². The highest BCUT2D eigenvalue weighted by atomic mass is 29.3. The summed E-state index contributed by atoms with van der Waals surface area (Å²) in [7, 11) is -2.34. The molecule has 2 rings (SSSR count).